The zero-order valence-electron chi connectivity index (χ0n) is 20.4. The number of aryl methyl sites for hydroxylation is 1. The molecule has 0 radical (unpaired) electrons. The summed E-state index contributed by atoms with van der Waals surface area (Å²) in [7, 11) is 3.99. The van der Waals surface area contributed by atoms with Gasteiger partial charge in [0.1, 0.15) is 11.6 Å². The topological polar surface area (TPSA) is 58.1 Å². The fraction of sp³-hybridized carbons (Fsp3) is 0.444. The normalized spacial score (nSPS) is 17.6. The van der Waals surface area contributed by atoms with Gasteiger partial charge in [-0.15, -0.1) is 0 Å². The Morgan fingerprint density at radius 2 is 1.74 bits per heavy atom. The number of nitrogens with one attached hydrogen (secondary N) is 1. The maximum atomic E-state index is 11.9. The molecule has 0 unspecified atom stereocenters. The summed E-state index contributed by atoms with van der Waals surface area (Å²) in [6.45, 7) is 5.02. The van der Waals surface area contributed by atoms with Crippen molar-refractivity contribution in [3.63, 3.8) is 0 Å². The van der Waals surface area contributed by atoms with Crippen LogP contribution in [0.1, 0.15) is 44.0 Å². The largest absolute Gasteiger partial charge is 0.362 e. The lowest BCUT2D eigenvalue weighted by Crippen LogP contribution is -2.32. The molecule has 1 saturated carbocycles. The van der Waals surface area contributed by atoms with Crippen LogP contribution in [0.3, 0.4) is 0 Å². The van der Waals surface area contributed by atoms with E-state index in [2.05, 4.69) is 22.2 Å². The highest BCUT2D eigenvalue weighted by Crippen LogP contribution is 2.28. The Bertz CT molecular complexity index is 1110. The van der Waals surface area contributed by atoms with Crippen LogP contribution in [0.2, 0.25) is 10.0 Å². The molecule has 1 aliphatic carbocycles. The molecule has 0 bridgehead atoms. The number of hydrogen-bond acceptors (Lipinski definition) is 4. The first-order valence-electron chi connectivity index (χ1n) is 11.8. The van der Waals surface area contributed by atoms with Crippen molar-refractivity contribution in [3.05, 3.63) is 63.9 Å². The Kier molecular flexibility index (Phi) is 9.54. The molecule has 0 atom stereocenters. The molecule has 0 aliphatic heterocycles. The molecular formula is C27H34Cl2N4O. The lowest BCUT2D eigenvalue weighted by atomic mass is 9.83. The summed E-state index contributed by atoms with van der Waals surface area (Å²) in [6.07, 6.45) is 5.39. The number of para-hydroxylation sites is 1. The second-order valence-electron chi connectivity index (χ2n) is 9.36. The van der Waals surface area contributed by atoms with E-state index in [0.717, 1.165) is 40.6 Å². The third-order valence-electron chi connectivity index (χ3n) is 6.19. The van der Waals surface area contributed by atoms with Crippen molar-refractivity contribution < 1.29 is 4.79 Å². The molecule has 34 heavy (non-hydrogen) atoms. The van der Waals surface area contributed by atoms with Crippen LogP contribution in [0, 0.1) is 18.8 Å². The smallest absolute Gasteiger partial charge is 0.224 e. The van der Waals surface area contributed by atoms with Crippen molar-refractivity contribution in [2.75, 3.05) is 25.5 Å². The number of nitrogens with zero attached hydrogens (tertiary/aromatic N) is 3. The van der Waals surface area contributed by atoms with Crippen LogP contribution in [0.25, 0.3) is 10.9 Å². The fourth-order valence-corrected chi connectivity index (χ4v) is 4.52. The van der Waals surface area contributed by atoms with Gasteiger partial charge < -0.3 is 10.2 Å². The minimum absolute atomic E-state index is 0.0574. The van der Waals surface area contributed by atoms with Crippen LogP contribution in [0.4, 0.5) is 5.82 Å². The van der Waals surface area contributed by atoms with Crippen molar-refractivity contribution >= 4 is 45.8 Å². The van der Waals surface area contributed by atoms with Gasteiger partial charge in [0.15, 0.2) is 0 Å². The van der Waals surface area contributed by atoms with Gasteiger partial charge in [-0.05, 0) is 61.4 Å². The molecule has 1 amide bonds. The quantitative estimate of drug-likeness (QED) is 0.435. The number of fused-ring (bicyclic) bond motifs is 1. The fourth-order valence-electron chi connectivity index (χ4n) is 4.20. The van der Waals surface area contributed by atoms with Gasteiger partial charge in [0.05, 0.1) is 22.0 Å². The third kappa shape index (κ3) is 7.57. The van der Waals surface area contributed by atoms with Gasteiger partial charge in [-0.3, -0.25) is 4.79 Å². The van der Waals surface area contributed by atoms with E-state index in [0.29, 0.717) is 22.4 Å². The van der Waals surface area contributed by atoms with Crippen LogP contribution in [0.5, 0.6) is 0 Å². The molecule has 7 heteroatoms. The maximum absolute atomic E-state index is 11.9. The van der Waals surface area contributed by atoms with Crippen molar-refractivity contribution in [2.24, 2.45) is 11.8 Å². The predicted molar refractivity (Wildman–Crippen MR) is 143 cm³/mol. The molecule has 3 aromatic rings. The minimum Gasteiger partial charge on any atom is -0.362 e. The Hall–Kier alpha value is -2.37. The number of benzene rings is 2. The first kappa shape index (κ1) is 26.2. The molecule has 2 aromatic carbocycles. The van der Waals surface area contributed by atoms with E-state index in [1.807, 2.05) is 56.3 Å². The molecular weight excluding hydrogens is 467 g/mol. The molecule has 1 fully saturated rings. The second kappa shape index (κ2) is 12.4. The van der Waals surface area contributed by atoms with E-state index >= 15 is 0 Å². The molecule has 1 aliphatic rings. The number of carbonyl (C=O) groups excluding carboxylic acids is 1. The van der Waals surface area contributed by atoms with E-state index in [1.54, 1.807) is 12.1 Å². The number of hydrogen-bond donors (Lipinski definition) is 1. The van der Waals surface area contributed by atoms with Gasteiger partial charge in [0.25, 0.3) is 0 Å². The summed E-state index contributed by atoms with van der Waals surface area (Å²) in [5.74, 6) is 3.34. The molecule has 1 heterocycles. The van der Waals surface area contributed by atoms with Crippen molar-refractivity contribution in [2.45, 2.75) is 46.0 Å². The summed E-state index contributed by atoms with van der Waals surface area (Å²) >= 11 is 11.8. The molecule has 0 saturated heterocycles. The van der Waals surface area contributed by atoms with Crippen LogP contribution < -0.4 is 10.2 Å². The highest BCUT2D eigenvalue weighted by Gasteiger charge is 2.18. The molecule has 1 aromatic heterocycles. The zero-order valence-corrected chi connectivity index (χ0v) is 22.0. The summed E-state index contributed by atoms with van der Waals surface area (Å²) in [5, 5.41) is 5.15. The Morgan fingerprint density at radius 3 is 2.41 bits per heavy atom. The average Bonchev–Trinajstić information content (AvgIpc) is 2.81. The summed E-state index contributed by atoms with van der Waals surface area (Å²) in [6, 6.07) is 13.4. The summed E-state index contributed by atoms with van der Waals surface area (Å²) in [4.78, 5) is 22.7. The Morgan fingerprint density at radius 1 is 1.03 bits per heavy atom. The summed E-state index contributed by atoms with van der Waals surface area (Å²) in [5.41, 5.74) is 1.90. The number of halogens is 2. The second-order valence-corrected chi connectivity index (χ2v) is 10.2. The van der Waals surface area contributed by atoms with Crippen LogP contribution in [-0.2, 0) is 11.2 Å². The molecule has 5 nitrogen and oxygen atoms in total. The number of carbonyl (C=O) groups is 1. The Labute approximate surface area is 212 Å². The number of aromatic nitrogens is 2. The van der Waals surface area contributed by atoms with E-state index < -0.39 is 0 Å². The zero-order chi connectivity index (χ0) is 24.7. The van der Waals surface area contributed by atoms with E-state index in [4.69, 9.17) is 23.2 Å². The van der Waals surface area contributed by atoms with Gasteiger partial charge in [-0.25, -0.2) is 9.97 Å². The Balaban J connectivity index is 0.000000202. The van der Waals surface area contributed by atoms with Crippen LogP contribution in [-0.4, -0.2) is 36.5 Å². The SMILES string of the molecule is CC1CCC(CNC(=O)Cc2ccc(Cl)c(Cl)c2)CC1.Cc1nc(N(C)C)c2ccccc2n1. The lowest BCUT2D eigenvalue weighted by Gasteiger charge is -2.26. The molecule has 0 spiro atoms. The van der Waals surface area contributed by atoms with Gasteiger partial charge in [-0.2, -0.15) is 0 Å². The highest BCUT2D eigenvalue weighted by atomic mass is 35.5. The van der Waals surface area contributed by atoms with E-state index in [-0.39, 0.29) is 5.91 Å². The number of rotatable bonds is 5. The van der Waals surface area contributed by atoms with Crippen molar-refractivity contribution in [1.29, 1.82) is 0 Å². The highest BCUT2D eigenvalue weighted by molar-refractivity contribution is 6.42. The van der Waals surface area contributed by atoms with Gasteiger partial charge in [0, 0.05) is 26.0 Å². The van der Waals surface area contributed by atoms with E-state index in [1.165, 1.54) is 25.7 Å². The first-order valence-corrected chi connectivity index (χ1v) is 12.6. The standard InChI is InChI=1S/C16H21Cl2NO.C11H13N3/c1-11-2-4-12(5-3-11)10-19-16(20)9-13-6-7-14(17)15(18)8-13;1-8-12-10-7-5-4-6-9(10)11(13-8)14(2)3/h6-8,11-12H,2-5,9-10H2,1H3,(H,19,20);4-7H,1-3H3. The van der Waals surface area contributed by atoms with E-state index in [9.17, 15) is 4.79 Å². The number of anilines is 1. The molecule has 182 valence electrons. The minimum atomic E-state index is 0.0574. The van der Waals surface area contributed by atoms with Crippen LogP contribution >= 0.6 is 23.2 Å². The molecule has 4 rings (SSSR count). The molecule has 1 N–H and O–H groups in total. The van der Waals surface area contributed by atoms with Crippen LogP contribution in [0.15, 0.2) is 42.5 Å². The summed E-state index contributed by atoms with van der Waals surface area (Å²) < 4.78 is 0. The van der Waals surface area contributed by atoms with Crippen molar-refractivity contribution in [3.8, 4) is 0 Å². The van der Waals surface area contributed by atoms with Gasteiger partial charge in [0.2, 0.25) is 5.91 Å². The monoisotopic (exact) mass is 500 g/mol. The van der Waals surface area contributed by atoms with Gasteiger partial charge >= 0.3 is 0 Å². The first-order chi connectivity index (χ1) is 16.2. The lowest BCUT2D eigenvalue weighted by molar-refractivity contribution is -0.120. The number of amides is 1. The van der Waals surface area contributed by atoms with Gasteiger partial charge in [-0.1, -0.05) is 61.2 Å². The average molecular weight is 502 g/mol. The maximum Gasteiger partial charge on any atom is 0.224 e. The third-order valence-corrected chi connectivity index (χ3v) is 6.93. The predicted octanol–water partition coefficient (Wildman–Crippen LogP) is 6.48. The van der Waals surface area contributed by atoms with Crippen molar-refractivity contribution in [1.82, 2.24) is 15.3 Å².